The molecule has 1 aliphatic rings. The maximum absolute atomic E-state index is 12.1. The highest BCUT2D eigenvalue weighted by Gasteiger charge is 2.29. The fourth-order valence-corrected chi connectivity index (χ4v) is 2.16. The van der Waals surface area contributed by atoms with Crippen molar-refractivity contribution in [3.63, 3.8) is 0 Å². The van der Waals surface area contributed by atoms with Crippen molar-refractivity contribution < 1.29 is 4.79 Å². The molecule has 1 aliphatic heterocycles. The van der Waals surface area contributed by atoms with Gasteiger partial charge in [-0.05, 0) is 38.4 Å². The van der Waals surface area contributed by atoms with Gasteiger partial charge in [0.25, 0.3) is 0 Å². The Bertz CT molecular complexity index is 409. The van der Waals surface area contributed by atoms with Gasteiger partial charge in [0.05, 0.1) is 6.04 Å². The highest BCUT2D eigenvalue weighted by atomic mass is 16.1. The summed E-state index contributed by atoms with van der Waals surface area (Å²) < 4.78 is 0. The normalized spacial score (nSPS) is 18.8. The Morgan fingerprint density at radius 3 is 2.39 bits per heavy atom. The van der Waals surface area contributed by atoms with E-state index < -0.39 is 0 Å². The van der Waals surface area contributed by atoms with E-state index >= 15 is 0 Å². The van der Waals surface area contributed by atoms with E-state index in [4.69, 9.17) is 0 Å². The van der Waals surface area contributed by atoms with Crippen LogP contribution in [0.4, 0.5) is 0 Å². The number of carbonyl (C=O) groups excluding carboxylic acids is 1. The maximum atomic E-state index is 12.1. The van der Waals surface area contributed by atoms with Crippen molar-refractivity contribution in [2.75, 3.05) is 13.1 Å². The summed E-state index contributed by atoms with van der Waals surface area (Å²) in [6.07, 6.45) is 0. The maximum Gasteiger partial charge on any atom is 0.223 e. The number of amides is 1. The molecule has 0 aliphatic carbocycles. The van der Waals surface area contributed by atoms with Crippen LogP contribution >= 0.6 is 0 Å². The highest BCUT2D eigenvalue weighted by molar-refractivity contribution is 5.79. The molecular formula is C15H22N2O. The SMILES string of the molecule is Cc1ccc([C@@H](C)NC(=O)C(C)C2CNC2)cc1. The van der Waals surface area contributed by atoms with Gasteiger partial charge in [-0.1, -0.05) is 36.8 Å². The van der Waals surface area contributed by atoms with Crippen molar-refractivity contribution in [2.24, 2.45) is 11.8 Å². The van der Waals surface area contributed by atoms with Gasteiger partial charge in [0.2, 0.25) is 5.91 Å². The molecular weight excluding hydrogens is 224 g/mol. The van der Waals surface area contributed by atoms with Gasteiger partial charge in [0, 0.05) is 5.92 Å². The molecule has 3 nitrogen and oxygen atoms in total. The third-order valence-electron chi connectivity index (χ3n) is 3.87. The highest BCUT2D eigenvalue weighted by Crippen LogP contribution is 2.18. The van der Waals surface area contributed by atoms with E-state index in [2.05, 4.69) is 41.8 Å². The molecule has 3 heteroatoms. The molecule has 1 aromatic carbocycles. The fourth-order valence-electron chi connectivity index (χ4n) is 2.16. The van der Waals surface area contributed by atoms with Crippen LogP contribution in [0.25, 0.3) is 0 Å². The third-order valence-corrected chi connectivity index (χ3v) is 3.87. The zero-order valence-corrected chi connectivity index (χ0v) is 11.4. The largest absolute Gasteiger partial charge is 0.349 e. The first kappa shape index (κ1) is 13.1. The summed E-state index contributed by atoms with van der Waals surface area (Å²) in [6, 6.07) is 8.40. The Hall–Kier alpha value is -1.35. The summed E-state index contributed by atoms with van der Waals surface area (Å²) >= 11 is 0. The Kier molecular flexibility index (Phi) is 4.02. The van der Waals surface area contributed by atoms with Gasteiger partial charge < -0.3 is 10.6 Å². The van der Waals surface area contributed by atoms with E-state index in [1.165, 1.54) is 5.56 Å². The van der Waals surface area contributed by atoms with Crippen molar-refractivity contribution in [3.05, 3.63) is 35.4 Å². The number of carbonyl (C=O) groups is 1. The molecule has 1 aromatic rings. The summed E-state index contributed by atoms with van der Waals surface area (Å²) in [5.41, 5.74) is 2.40. The molecule has 2 rings (SSSR count). The minimum Gasteiger partial charge on any atom is -0.349 e. The molecule has 18 heavy (non-hydrogen) atoms. The molecule has 1 heterocycles. The molecule has 0 radical (unpaired) electrons. The van der Waals surface area contributed by atoms with Gasteiger partial charge in [-0.2, -0.15) is 0 Å². The van der Waals surface area contributed by atoms with Crippen LogP contribution in [0, 0.1) is 18.8 Å². The standard InChI is InChI=1S/C15H22N2O/c1-10-4-6-13(7-5-10)12(3)17-15(18)11(2)14-8-16-9-14/h4-7,11-12,14,16H,8-9H2,1-3H3,(H,17,18)/t11?,12-/m1/s1. The fraction of sp³-hybridized carbons (Fsp3) is 0.533. The van der Waals surface area contributed by atoms with Gasteiger partial charge in [-0.3, -0.25) is 4.79 Å². The zero-order valence-electron chi connectivity index (χ0n) is 11.4. The third kappa shape index (κ3) is 2.91. The van der Waals surface area contributed by atoms with Crippen molar-refractivity contribution >= 4 is 5.91 Å². The van der Waals surface area contributed by atoms with Crippen molar-refractivity contribution in [1.29, 1.82) is 0 Å². The Labute approximate surface area is 109 Å². The van der Waals surface area contributed by atoms with E-state index in [0.717, 1.165) is 18.7 Å². The van der Waals surface area contributed by atoms with Gasteiger partial charge >= 0.3 is 0 Å². The summed E-state index contributed by atoms with van der Waals surface area (Å²) in [5.74, 6) is 0.754. The Morgan fingerprint density at radius 2 is 1.89 bits per heavy atom. The average molecular weight is 246 g/mol. The summed E-state index contributed by atoms with van der Waals surface area (Å²) in [4.78, 5) is 12.1. The van der Waals surface area contributed by atoms with Crippen LogP contribution in [0.15, 0.2) is 24.3 Å². The Balaban J connectivity index is 1.91. The predicted molar refractivity (Wildman–Crippen MR) is 73.3 cm³/mol. The predicted octanol–water partition coefficient (Wildman–Crippen LogP) is 2.03. The van der Waals surface area contributed by atoms with Crippen LogP contribution in [0.3, 0.4) is 0 Å². The molecule has 1 saturated heterocycles. The van der Waals surface area contributed by atoms with E-state index in [9.17, 15) is 4.79 Å². The number of hydrogen-bond donors (Lipinski definition) is 2. The summed E-state index contributed by atoms with van der Waals surface area (Å²) in [6.45, 7) is 8.05. The van der Waals surface area contributed by atoms with E-state index in [-0.39, 0.29) is 17.9 Å². The molecule has 0 saturated carbocycles. The minimum absolute atomic E-state index is 0.0774. The number of nitrogens with one attached hydrogen (secondary N) is 2. The van der Waals surface area contributed by atoms with Gasteiger partial charge in [0.1, 0.15) is 0 Å². The number of benzene rings is 1. The van der Waals surface area contributed by atoms with Gasteiger partial charge in [-0.25, -0.2) is 0 Å². The lowest BCUT2D eigenvalue weighted by Crippen LogP contribution is -2.49. The molecule has 2 atom stereocenters. The average Bonchev–Trinajstić information content (AvgIpc) is 2.27. The molecule has 1 fully saturated rings. The first-order valence-electron chi connectivity index (χ1n) is 6.65. The van der Waals surface area contributed by atoms with Crippen LogP contribution in [0.1, 0.15) is 31.0 Å². The second-order valence-corrected chi connectivity index (χ2v) is 5.35. The molecule has 2 N–H and O–H groups in total. The van der Waals surface area contributed by atoms with E-state index in [1.54, 1.807) is 0 Å². The molecule has 1 amide bonds. The Morgan fingerprint density at radius 1 is 1.28 bits per heavy atom. The second-order valence-electron chi connectivity index (χ2n) is 5.35. The van der Waals surface area contributed by atoms with Crippen LogP contribution in [0.2, 0.25) is 0 Å². The summed E-state index contributed by atoms with van der Waals surface area (Å²) in [7, 11) is 0. The molecule has 0 spiro atoms. The van der Waals surface area contributed by atoms with Gasteiger partial charge in [-0.15, -0.1) is 0 Å². The molecule has 1 unspecified atom stereocenters. The van der Waals surface area contributed by atoms with E-state index in [0.29, 0.717) is 5.92 Å². The van der Waals surface area contributed by atoms with Crippen LogP contribution in [-0.4, -0.2) is 19.0 Å². The molecule has 98 valence electrons. The molecule has 0 aromatic heterocycles. The number of aryl methyl sites for hydroxylation is 1. The lowest BCUT2D eigenvalue weighted by atomic mass is 9.88. The quantitative estimate of drug-likeness (QED) is 0.853. The van der Waals surface area contributed by atoms with Crippen molar-refractivity contribution in [3.8, 4) is 0 Å². The minimum atomic E-state index is 0.0774. The van der Waals surface area contributed by atoms with Gasteiger partial charge in [0.15, 0.2) is 0 Å². The monoisotopic (exact) mass is 246 g/mol. The van der Waals surface area contributed by atoms with Crippen LogP contribution < -0.4 is 10.6 Å². The number of rotatable bonds is 4. The van der Waals surface area contributed by atoms with Crippen LogP contribution in [0.5, 0.6) is 0 Å². The van der Waals surface area contributed by atoms with Crippen LogP contribution in [-0.2, 0) is 4.79 Å². The smallest absolute Gasteiger partial charge is 0.223 e. The lowest BCUT2D eigenvalue weighted by molar-refractivity contribution is -0.127. The first-order chi connectivity index (χ1) is 8.58. The summed E-state index contributed by atoms with van der Waals surface area (Å²) in [5, 5.41) is 6.31. The second kappa shape index (κ2) is 5.53. The lowest BCUT2D eigenvalue weighted by Gasteiger charge is -2.32. The number of hydrogen-bond acceptors (Lipinski definition) is 2. The zero-order chi connectivity index (χ0) is 13.1. The first-order valence-corrected chi connectivity index (χ1v) is 6.65. The topological polar surface area (TPSA) is 41.1 Å². The van der Waals surface area contributed by atoms with Crippen molar-refractivity contribution in [2.45, 2.75) is 26.8 Å². The van der Waals surface area contributed by atoms with Crippen molar-refractivity contribution in [1.82, 2.24) is 10.6 Å². The molecule has 0 bridgehead atoms. The van der Waals surface area contributed by atoms with E-state index in [1.807, 2.05) is 13.8 Å².